The van der Waals surface area contributed by atoms with Crippen LogP contribution in [0.15, 0.2) is 0 Å². The van der Waals surface area contributed by atoms with Crippen molar-refractivity contribution in [2.24, 2.45) is 5.92 Å². The van der Waals surface area contributed by atoms with Crippen LogP contribution in [0.5, 0.6) is 0 Å². The Morgan fingerprint density at radius 3 is 3.09 bits per heavy atom. The van der Waals surface area contributed by atoms with E-state index >= 15 is 0 Å². The third-order valence-corrected chi connectivity index (χ3v) is 2.48. The molecule has 1 aliphatic heterocycles. The average Bonchev–Trinajstić information content (AvgIpc) is 2.06. The van der Waals surface area contributed by atoms with Gasteiger partial charge in [-0.3, -0.25) is 0 Å². The zero-order valence-electron chi connectivity index (χ0n) is 7.25. The van der Waals surface area contributed by atoms with Gasteiger partial charge < -0.3 is 9.69 Å². The molecule has 0 amide bonds. The molecule has 1 atom stereocenters. The maximum atomic E-state index is 10.2. The molecular weight excluding hydrogens is 138 g/mol. The monoisotopic (exact) mass is 155 g/mol. The summed E-state index contributed by atoms with van der Waals surface area (Å²) in [7, 11) is 0. The summed E-state index contributed by atoms with van der Waals surface area (Å²) in [6.07, 6.45) is 4.34. The number of nitrogens with zero attached hydrogens (tertiary/aromatic N) is 1. The molecular formula is C9H17NO. The van der Waals surface area contributed by atoms with E-state index in [1.54, 1.807) is 0 Å². The van der Waals surface area contributed by atoms with Gasteiger partial charge in [-0.1, -0.05) is 6.92 Å². The molecule has 1 rings (SSSR count). The molecule has 0 aliphatic carbocycles. The highest BCUT2D eigenvalue weighted by Gasteiger charge is 2.17. The first-order valence-corrected chi connectivity index (χ1v) is 4.52. The lowest BCUT2D eigenvalue weighted by atomic mass is 9.95. The second-order valence-electron chi connectivity index (χ2n) is 3.30. The lowest BCUT2D eigenvalue weighted by Crippen LogP contribution is -2.35. The zero-order chi connectivity index (χ0) is 8.10. The van der Waals surface area contributed by atoms with Gasteiger partial charge in [0.05, 0.1) is 0 Å². The summed E-state index contributed by atoms with van der Waals surface area (Å²) in [5.41, 5.74) is 0. The fourth-order valence-corrected chi connectivity index (χ4v) is 1.77. The van der Waals surface area contributed by atoms with Gasteiger partial charge in [0.1, 0.15) is 6.29 Å². The van der Waals surface area contributed by atoms with Crippen molar-refractivity contribution < 1.29 is 4.79 Å². The third kappa shape index (κ3) is 2.62. The van der Waals surface area contributed by atoms with Crippen LogP contribution in [0.3, 0.4) is 0 Å². The van der Waals surface area contributed by atoms with Crippen LogP contribution in [0.25, 0.3) is 0 Å². The van der Waals surface area contributed by atoms with Crippen molar-refractivity contribution in [2.45, 2.75) is 26.2 Å². The van der Waals surface area contributed by atoms with E-state index < -0.39 is 0 Å². The van der Waals surface area contributed by atoms with E-state index in [9.17, 15) is 4.79 Å². The Morgan fingerprint density at radius 1 is 1.64 bits per heavy atom. The van der Waals surface area contributed by atoms with Crippen LogP contribution in [0.1, 0.15) is 26.2 Å². The quantitative estimate of drug-likeness (QED) is 0.573. The first-order valence-electron chi connectivity index (χ1n) is 4.52. The lowest BCUT2D eigenvalue weighted by molar-refractivity contribution is -0.109. The van der Waals surface area contributed by atoms with Crippen LogP contribution in [0.4, 0.5) is 0 Å². The number of aldehydes is 1. The van der Waals surface area contributed by atoms with E-state index in [0.717, 1.165) is 25.8 Å². The molecule has 0 saturated carbocycles. The molecule has 1 aliphatic rings. The Labute approximate surface area is 68.6 Å². The van der Waals surface area contributed by atoms with E-state index in [0.29, 0.717) is 5.92 Å². The van der Waals surface area contributed by atoms with E-state index in [1.165, 1.54) is 19.4 Å². The molecule has 64 valence electrons. The molecule has 11 heavy (non-hydrogen) atoms. The fourth-order valence-electron chi connectivity index (χ4n) is 1.77. The summed E-state index contributed by atoms with van der Waals surface area (Å²) >= 11 is 0. The number of hydrogen-bond acceptors (Lipinski definition) is 2. The Hall–Kier alpha value is -0.370. The van der Waals surface area contributed by atoms with Gasteiger partial charge in [0.25, 0.3) is 0 Å². The fraction of sp³-hybridized carbons (Fsp3) is 0.889. The molecule has 2 heteroatoms. The Balaban J connectivity index is 2.27. The summed E-state index contributed by atoms with van der Waals surface area (Å²) in [4.78, 5) is 12.7. The average molecular weight is 155 g/mol. The Bertz CT molecular complexity index is 125. The number of hydrogen-bond donors (Lipinski definition) is 0. The van der Waals surface area contributed by atoms with E-state index in [4.69, 9.17) is 0 Å². The molecule has 2 nitrogen and oxygen atoms in total. The maximum Gasteiger partial charge on any atom is 0.120 e. The van der Waals surface area contributed by atoms with Gasteiger partial charge in [-0.05, 0) is 31.8 Å². The molecule has 0 aromatic heterocycles. The van der Waals surface area contributed by atoms with Crippen molar-refractivity contribution in [3.63, 3.8) is 0 Å². The topological polar surface area (TPSA) is 20.3 Å². The number of carbonyl (C=O) groups is 1. The molecule has 0 radical (unpaired) electrons. The van der Waals surface area contributed by atoms with Crippen molar-refractivity contribution in [3.8, 4) is 0 Å². The van der Waals surface area contributed by atoms with Gasteiger partial charge in [-0.2, -0.15) is 0 Å². The molecule has 1 saturated heterocycles. The molecule has 1 unspecified atom stereocenters. The Morgan fingerprint density at radius 2 is 2.45 bits per heavy atom. The molecule has 1 heterocycles. The summed E-state index contributed by atoms with van der Waals surface area (Å²) in [6.45, 7) is 5.68. The number of piperidine rings is 1. The smallest absolute Gasteiger partial charge is 0.120 e. The maximum absolute atomic E-state index is 10.2. The number of rotatable bonds is 3. The summed E-state index contributed by atoms with van der Waals surface area (Å²) in [5.74, 6) is 0.640. The zero-order valence-corrected chi connectivity index (χ0v) is 7.25. The van der Waals surface area contributed by atoms with Crippen molar-refractivity contribution in [1.29, 1.82) is 0 Å². The molecule has 0 N–H and O–H groups in total. The second kappa shape index (κ2) is 4.50. The standard InChI is InChI=1S/C9H17NO/c1-2-10-6-3-4-9(8-10)5-7-11/h7,9H,2-6,8H2,1H3. The first-order chi connectivity index (χ1) is 5.36. The molecule has 0 aromatic carbocycles. The van der Waals surface area contributed by atoms with Crippen LogP contribution >= 0.6 is 0 Å². The summed E-state index contributed by atoms with van der Waals surface area (Å²) in [6, 6.07) is 0. The van der Waals surface area contributed by atoms with Crippen molar-refractivity contribution in [3.05, 3.63) is 0 Å². The predicted molar refractivity (Wildman–Crippen MR) is 45.5 cm³/mol. The second-order valence-corrected chi connectivity index (χ2v) is 3.30. The minimum Gasteiger partial charge on any atom is -0.303 e. The highest BCUT2D eigenvalue weighted by atomic mass is 16.1. The van der Waals surface area contributed by atoms with Gasteiger partial charge >= 0.3 is 0 Å². The highest BCUT2D eigenvalue weighted by Crippen LogP contribution is 2.17. The van der Waals surface area contributed by atoms with E-state index in [2.05, 4.69) is 11.8 Å². The van der Waals surface area contributed by atoms with E-state index in [1.807, 2.05) is 0 Å². The molecule has 0 bridgehead atoms. The normalized spacial score (nSPS) is 26.8. The minimum atomic E-state index is 0.640. The van der Waals surface area contributed by atoms with Crippen molar-refractivity contribution in [1.82, 2.24) is 4.90 Å². The van der Waals surface area contributed by atoms with Gasteiger partial charge in [0.15, 0.2) is 0 Å². The SMILES string of the molecule is CCN1CCCC(CC=O)C1. The van der Waals surface area contributed by atoms with E-state index in [-0.39, 0.29) is 0 Å². The highest BCUT2D eigenvalue weighted by molar-refractivity contribution is 5.49. The van der Waals surface area contributed by atoms with Crippen LogP contribution in [0.2, 0.25) is 0 Å². The largest absolute Gasteiger partial charge is 0.303 e. The minimum absolute atomic E-state index is 0.640. The third-order valence-electron chi connectivity index (χ3n) is 2.48. The van der Waals surface area contributed by atoms with Gasteiger partial charge in [-0.15, -0.1) is 0 Å². The van der Waals surface area contributed by atoms with Gasteiger partial charge in [0, 0.05) is 13.0 Å². The van der Waals surface area contributed by atoms with Crippen LogP contribution < -0.4 is 0 Å². The molecule has 0 spiro atoms. The van der Waals surface area contributed by atoms with Crippen molar-refractivity contribution in [2.75, 3.05) is 19.6 Å². The molecule has 1 fully saturated rings. The van der Waals surface area contributed by atoms with Crippen LogP contribution in [-0.2, 0) is 4.79 Å². The van der Waals surface area contributed by atoms with Gasteiger partial charge in [-0.25, -0.2) is 0 Å². The Kier molecular flexibility index (Phi) is 3.57. The van der Waals surface area contributed by atoms with Crippen molar-refractivity contribution >= 4 is 6.29 Å². The summed E-state index contributed by atoms with van der Waals surface area (Å²) < 4.78 is 0. The number of likely N-dealkylation sites (tertiary alicyclic amines) is 1. The lowest BCUT2D eigenvalue weighted by Gasteiger charge is -2.30. The summed E-state index contributed by atoms with van der Waals surface area (Å²) in [5, 5.41) is 0. The molecule has 0 aromatic rings. The van der Waals surface area contributed by atoms with Crippen LogP contribution in [-0.4, -0.2) is 30.8 Å². The predicted octanol–water partition coefficient (Wildman–Crippen LogP) is 1.31. The number of carbonyl (C=O) groups excluding carboxylic acids is 1. The van der Waals surface area contributed by atoms with Crippen LogP contribution in [0, 0.1) is 5.92 Å². The first kappa shape index (κ1) is 8.72. The van der Waals surface area contributed by atoms with Gasteiger partial charge in [0.2, 0.25) is 0 Å².